The second kappa shape index (κ2) is 4.98. The molecule has 0 spiro atoms. The van der Waals surface area contributed by atoms with Crippen LogP contribution < -0.4 is 0 Å². The van der Waals surface area contributed by atoms with Gasteiger partial charge in [-0.1, -0.05) is 11.8 Å². The molecule has 3 rings (SSSR count). The molecule has 0 unspecified atom stereocenters. The van der Waals surface area contributed by atoms with E-state index < -0.39 is 0 Å². The molecule has 3 nitrogen and oxygen atoms in total. The number of phenolic OH excluding ortho intramolecular Hbond substituents is 1. The van der Waals surface area contributed by atoms with Gasteiger partial charge in [-0.15, -0.1) is 0 Å². The minimum absolute atomic E-state index is 0.295. The zero-order valence-electron chi connectivity index (χ0n) is 9.97. The minimum atomic E-state index is 0.295. The summed E-state index contributed by atoms with van der Waals surface area (Å²) in [6.45, 7) is 0. The van der Waals surface area contributed by atoms with Gasteiger partial charge in [0.2, 0.25) is 0 Å². The Morgan fingerprint density at radius 1 is 1.00 bits per heavy atom. The Morgan fingerprint density at radius 2 is 1.78 bits per heavy atom. The smallest absolute Gasteiger partial charge is 0.117 e. The average Bonchev–Trinajstić information content (AvgIpc) is 2.42. The van der Waals surface area contributed by atoms with Crippen LogP contribution in [0.3, 0.4) is 0 Å². The zero-order valence-corrected chi connectivity index (χ0v) is 10.8. The van der Waals surface area contributed by atoms with Crippen molar-refractivity contribution in [2.75, 3.05) is 0 Å². The summed E-state index contributed by atoms with van der Waals surface area (Å²) in [5.41, 5.74) is 2.51. The molecule has 2 aromatic rings. The molecule has 1 N–H and O–H groups in total. The maximum absolute atomic E-state index is 9.28. The fourth-order valence-electron chi connectivity index (χ4n) is 2.20. The first-order valence-corrected chi connectivity index (χ1v) is 6.94. The van der Waals surface area contributed by atoms with Gasteiger partial charge in [0.05, 0.1) is 0 Å². The van der Waals surface area contributed by atoms with Gasteiger partial charge in [-0.05, 0) is 49.9 Å². The van der Waals surface area contributed by atoms with Crippen molar-refractivity contribution in [3.05, 3.63) is 41.9 Å². The van der Waals surface area contributed by atoms with E-state index in [1.165, 1.54) is 24.1 Å². The Morgan fingerprint density at radius 3 is 2.61 bits per heavy atom. The molecule has 0 bridgehead atoms. The molecule has 1 heterocycles. The van der Waals surface area contributed by atoms with Crippen LogP contribution in [0.1, 0.15) is 24.1 Å². The van der Waals surface area contributed by atoms with Gasteiger partial charge in [0.25, 0.3) is 0 Å². The SMILES string of the molecule is Oc1ccc(Sc2ncnc3c2CCCC3)cc1. The fraction of sp³-hybridized carbons (Fsp3) is 0.286. The number of fused-ring (bicyclic) bond motifs is 1. The van der Waals surface area contributed by atoms with E-state index in [1.54, 1.807) is 30.2 Å². The maximum Gasteiger partial charge on any atom is 0.117 e. The highest BCUT2D eigenvalue weighted by Gasteiger charge is 2.15. The van der Waals surface area contributed by atoms with Crippen LogP contribution in [0.25, 0.3) is 0 Å². The average molecular weight is 258 g/mol. The van der Waals surface area contributed by atoms with Gasteiger partial charge in [-0.3, -0.25) is 0 Å². The lowest BCUT2D eigenvalue weighted by atomic mass is 9.98. The lowest BCUT2D eigenvalue weighted by Gasteiger charge is -2.16. The predicted octanol–water partition coefficient (Wildman–Crippen LogP) is 3.21. The summed E-state index contributed by atoms with van der Waals surface area (Å²) in [5.74, 6) is 0.295. The molecule has 0 amide bonds. The van der Waals surface area contributed by atoms with Crippen LogP contribution in [0.5, 0.6) is 5.75 Å². The fourth-order valence-corrected chi connectivity index (χ4v) is 3.14. The van der Waals surface area contributed by atoms with Crippen LogP contribution in [-0.4, -0.2) is 15.1 Å². The van der Waals surface area contributed by atoms with E-state index in [1.807, 2.05) is 12.1 Å². The molecule has 0 aliphatic heterocycles. The standard InChI is InChI=1S/C14H14N2OS/c17-10-5-7-11(8-6-10)18-14-12-3-1-2-4-13(12)15-9-16-14/h5-9,17H,1-4H2. The quantitative estimate of drug-likeness (QED) is 0.840. The van der Waals surface area contributed by atoms with Crippen molar-refractivity contribution < 1.29 is 5.11 Å². The van der Waals surface area contributed by atoms with E-state index in [0.717, 1.165) is 22.8 Å². The van der Waals surface area contributed by atoms with Gasteiger partial charge in [-0.25, -0.2) is 9.97 Å². The Hall–Kier alpha value is -1.55. The molecule has 1 aromatic carbocycles. The molecular formula is C14H14N2OS. The number of hydrogen-bond acceptors (Lipinski definition) is 4. The van der Waals surface area contributed by atoms with Gasteiger partial charge in [0.1, 0.15) is 17.1 Å². The molecule has 0 saturated carbocycles. The van der Waals surface area contributed by atoms with Crippen molar-refractivity contribution in [1.29, 1.82) is 0 Å². The summed E-state index contributed by atoms with van der Waals surface area (Å²) in [6, 6.07) is 7.24. The number of rotatable bonds is 2. The summed E-state index contributed by atoms with van der Waals surface area (Å²) in [6.07, 6.45) is 6.27. The third-order valence-corrected chi connectivity index (χ3v) is 4.19. The number of aromatic nitrogens is 2. The first kappa shape index (κ1) is 11.5. The molecule has 4 heteroatoms. The number of hydrogen-bond donors (Lipinski definition) is 1. The molecule has 1 aliphatic rings. The second-order valence-electron chi connectivity index (χ2n) is 4.41. The largest absolute Gasteiger partial charge is 0.508 e. The van der Waals surface area contributed by atoms with Crippen molar-refractivity contribution in [2.45, 2.75) is 35.6 Å². The van der Waals surface area contributed by atoms with E-state index in [4.69, 9.17) is 0 Å². The Balaban J connectivity index is 1.90. The number of aryl methyl sites for hydroxylation is 1. The van der Waals surface area contributed by atoms with E-state index in [-0.39, 0.29) is 0 Å². The van der Waals surface area contributed by atoms with Gasteiger partial charge in [0, 0.05) is 16.2 Å². The molecule has 0 atom stereocenters. The second-order valence-corrected chi connectivity index (χ2v) is 5.47. The van der Waals surface area contributed by atoms with E-state index >= 15 is 0 Å². The zero-order chi connectivity index (χ0) is 12.4. The Labute approximate surface area is 110 Å². The van der Waals surface area contributed by atoms with Crippen LogP contribution in [-0.2, 0) is 12.8 Å². The number of aromatic hydroxyl groups is 1. The lowest BCUT2D eigenvalue weighted by molar-refractivity contribution is 0.475. The van der Waals surface area contributed by atoms with Crippen molar-refractivity contribution >= 4 is 11.8 Å². The van der Waals surface area contributed by atoms with Crippen molar-refractivity contribution in [1.82, 2.24) is 9.97 Å². The van der Waals surface area contributed by atoms with Gasteiger partial charge in [-0.2, -0.15) is 0 Å². The van der Waals surface area contributed by atoms with Gasteiger partial charge < -0.3 is 5.11 Å². The first-order chi connectivity index (χ1) is 8.83. The number of nitrogens with zero attached hydrogens (tertiary/aromatic N) is 2. The molecule has 0 saturated heterocycles. The van der Waals surface area contributed by atoms with Crippen molar-refractivity contribution in [3.63, 3.8) is 0 Å². The normalized spacial score (nSPS) is 14.2. The highest BCUT2D eigenvalue weighted by molar-refractivity contribution is 7.99. The Bertz CT molecular complexity index is 554. The number of phenols is 1. The highest BCUT2D eigenvalue weighted by atomic mass is 32.2. The van der Waals surface area contributed by atoms with Gasteiger partial charge >= 0.3 is 0 Å². The molecule has 92 valence electrons. The van der Waals surface area contributed by atoms with Crippen LogP contribution >= 0.6 is 11.8 Å². The lowest BCUT2D eigenvalue weighted by Crippen LogP contribution is -2.07. The molecule has 0 fully saturated rings. The summed E-state index contributed by atoms with van der Waals surface area (Å²) in [4.78, 5) is 9.87. The third-order valence-electron chi connectivity index (χ3n) is 3.14. The first-order valence-electron chi connectivity index (χ1n) is 6.12. The highest BCUT2D eigenvalue weighted by Crippen LogP contribution is 2.33. The molecule has 1 aliphatic carbocycles. The van der Waals surface area contributed by atoms with Crippen molar-refractivity contribution in [3.8, 4) is 5.75 Å². The third kappa shape index (κ3) is 2.34. The van der Waals surface area contributed by atoms with E-state index in [9.17, 15) is 5.11 Å². The van der Waals surface area contributed by atoms with Gasteiger partial charge in [0.15, 0.2) is 0 Å². The Kier molecular flexibility index (Phi) is 3.19. The molecule has 18 heavy (non-hydrogen) atoms. The summed E-state index contributed by atoms with van der Waals surface area (Å²) in [5, 5.41) is 10.3. The minimum Gasteiger partial charge on any atom is -0.508 e. The maximum atomic E-state index is 9.28. The molecule has 0 radical (unpaired) electrons. The summed E-state index contributed by atoms with van der Waals surface area (Å²) < 4.78 is 0. The van der Waals surface area contributed by atoms with E-state index in [0.29, 0.717) is 5.75 Å². The van der Waals surface area contributed by atoms with E-state index in [2.05, 4.69) is 9.97 Å². The predicted molar refractivity (Wildman–Crippen MR) is 70.9 cm³/mol. The van der Waals surface area contributed by atoms with Crippen LogP contribution in [0.15, 0.2) is 40.5 Å². The monoisotopic (exact) mass is 258 g/mol. The molecule has 1 aromatic heterocycles. The van der Waals surface area contributed by atoms with Crippen LogP contribution in [0, 0.1) is 0 Å². The van der Waals surface area contributed by atoms with Crippen LogP contribution in [0.4, 0.5) is 0 Å². The number of benzene rings is 1. The topological polar surface area (TPSA) is 46.0 Å². The molecular weight excluding hydrogens is 244 g/mol. The van der Waals surface area contributed by atoms with Crippen molar-refractivity contribution in [2.24, 2.45) is 0 Å². The summed E-state index contributed by atoms with van der Waals surface area (Å²) in [7, 11) is 0. The van der Waals surface area contributed by atoms with Crippen LogP contribution in [0.2, 0.25) is 0 Å². The summed E-state index contributed by atoms with van der Waals surface area (Å²) >= 11 is 1.65.